The Morgan fingerprint density at radius 1 is 1.67 bits per heavy atom. The maximum atomic E-state index is 5.05. The minimum atomic E-state index is 0.602. The minimum Gasteiger partial charge on any atom is -0.498 e. The smallest absolute Gasteiger partial charge is 0.105 e. The number of hydrogen-bond donors (Lipinski definition) is 0. The summed E-state index contributed by atoms with van der Waals surface area (Å²) in [6, 6.07) is 0. The molecule has 2 unspecified atom stereocenters. The van der Waals surface area contributed by atoms with Crippen LogP contribution in [0.4, 0.5) is 0 Å². The van der Waals surface area contributed by atoms with Gasteiger partial charge in [0.2, 0.25) is 0 Å². The molecular formula is C5H6O. The van der Waals surface area contributed by atoms with Crippen LogP contribution in [0.25, 0.3) is 0 Å². The van der Waals surface area contributed by atoms with Gasteiger partial charge in [0.25, 0.3) is 0 Å². The molecule has 32 valence electrons. The molecule has 2 rings (SSSR count). The summed E-state index contributed by atoms with van der Waals surface area (Å²) < 4.78 is 5.05. The molecule has 0 N–H and O–H groups in total. The van der Waals surface area contributed by atoms with Gasteiger partial charge in [0, 0.05) is 5.92 Å². The first-order chi connectivity index (χ1) is 2.97. The van der Waals surface area contributed by atoms with Gasteiger partial charge in [-0.2, -0.15) is 0 Å². The zero-order valence-corrected chi connectivity index (χ0v) is 3.42. The van der Waals surface area contributed by atoms with Crippen molar-refractivity contribution in [2.45, 2.75) is 12.5 Å². The SMILES string of the molecule is C1=CC2CC2O1. The van der Waals surface area contributed by atoms with Crippen molar-refractivity contribution in [1.29, 1.82) is 0 Å². The Balaban J connectivity index is 2.26. The summed E-state index contributed by atoms with van der Waals surface area (Å²) in [6.07, 6.45) is 5.81. The van der Waals surface area contributed by atoms with Crippen LogP contribution < -0.4 is 0 Å². The molecule has 2 aliphatic rings. The van der Waals surface area contributed by atoms with E-state index in [1.165, 1.54) is 6.42 Å². The lowest BCUT2D eigenvalue weighted by molar-refractivity contribution is 0.244. The first-order valence-corrected chi connectivity index (χ1v) is 2.29. The Kier molecular flexibility index (Phi) is 0.278. The van der Waals surface area contributed by atoms with E-state index >= 15 is 0 Å². The van der Waals surface area contributed by atoms with Crippen molar-refractivity contribution in [1.82, 2.24) is 0 Å². The number of rotatable bonds is 0. The van der Waals surface area contributed by atoms with Crippen LogP contribution in [-0.4, -0.2) is 6.10 Å². The molecule has 0 amide bonds. The van der Waals surface area contributed by atoms with E-state index in [4.69, 9.17) is 4.74 Å². The van der Waals surface area contributed by atoms with Crippen molar-refractivity contribution < 1.29 is 4.74 Å². The van der Waals surface area contributed by atoms with Crippen LogP contribution in [0.1, 0.15) is 6.42 Å². The fraction of sp³-hybridized carbons (Fsp3) is 0.600. The standard InChI is InChI=1S/C5H6O/c1-2-6-5-3-4(1)5/h1-2,4-5H,3H2. The summed E-state index contributed by atoms with van der Waals surface area (Å²) >= 11 is 0. The number of hydrogen-bond acceptors (Lipinski definition) is 1. The highest BCUT2D eigenvalue weighted by molar-refractivity contribution is 5.07. The molecular weight excluding hydrogens is 76.1 g/mol. The molecule has 0 aromatic heterocycles. The maximum absolute atomic E-state index is 5.05. The lowest BCUT2D eigenvalue weighted by Crippen LogP contribution is -1.77. The minimum absolute atomic E-state index is 0.602. The summed E-state index contributed by atoms with van der Waals surface area (Å²) in [7, 11) is 0. The predicted molar refractivity (Wildman–Crippen MR) is 22.1 cm³/mol. The molecule has 0 spiro atoms. The van der Waals surface area contributed by atoms with Crippen LogP contribution in [0.3, 0.4) is 0 Å². The van der Waals surface area contributed by atoms with Crippen LogP contribution in [0.2, 0.25) is 0 Å². The zero-order valence-electron chi connectivity index (χ0n) is 3.42. The van der Waals surface area contributed by atoms with Crippen LogP contribution in [0.15, 0.2) is 12.3 Å². The number of ether oxygens (including phenoxy) is 1. The maximum Gasteiger partial charge on any atom is 0.105 e. The Morgan fingerprint density at radius 3 is 2.83 bits per heavy atom. The lowest BCUT2D eigenvalue weighted by atomic mass is 10.4. The Bertz CT molecular complexity index is 96.1. The lowest BCUT2D eigenvalue weighted by Gasteiger charge is -1.84. The van der Waals surface area contributed by atoms with Crippen LogP contribution in [0, 0.1) is 5.92 Å². The van der Waals surface area contributed by atoms with E-state index in [0.29, 0.717) is 6.10 Å². The molecule has 1 aliphatic heterocycles. The third-order valence-electron chi connectivity index (χ3n) is 1.36. The van der Waals surface area contributed by atoms with Gasteiger partial charge in [-0.15, -0.1) is 0 Å². The normalized spacial score (nSPS) is 48.0. The molecule has 0 radical (unpaired) electrons. The van der Waals surface area contributed by atoms with E-state index in [-0.39, 0.29) is 0 Å². The van der Waals surface area contributed by atoms with Crippen molar-refractivity contribution in [2.75, 3.05) is 0 Å². The predicted octanol–water partition coefficient (Wildman–Crippen LogP) is 0.919. The largest absolute Gasteiger partial charge is 0.498 e. The summed E-state index contributed by atoms with van der Waals surface area (Å²) in [5.41, 5.74) is 0. The van der Waals surface area contributed by atoms with E-state index in [1.54, 1.807) is 6.26 Å². The van der Waals surface area contributed by atoms with E-state index in [0.717, 1.165) is 5.92 Å². The van der Waals surface area contributed by atoms with Crippen LogP contribution in [-0.2, 0) is 4.74 Å². The van der Waals surface area contributed by atoms with E-state index < -0.39 is 0 Å². The molecule has 1 heterocycles. The third-order valence-corrected chi connectivity index (χ3v) is 1.36. The molecule has 1 aliphatic carbocycles. The zero-order chi connectivity index (χ0) is 3.98. The monoisotopic (exact) mass is 82.0 g/mol. The molecule has 1 fully saturated rings. The number of fused-ring (bicyclic) bond motifs is 1. The van der Waals surface area contributed by atoms with Crippen molar-refractivity contribution in [3.63, 3.8) is 0 Å². The van der Waals surface area contributed by atoms with E-state index in [9.17, 15) is 0 Å². The second-order valence-corrected chi connectivity index (χ2v) is 1.90. The van der Waals surface area contributed by atoms with Gasteiger partial charge in [-0.05, 0) is 12.5 Å². The van der Waals surface area contributed by atoms with Gasteiger partial charge >= 0.3 is 0 Å². The Morgan fingerprint density at radius 2 is 2.67 bits per heavy atom. The molecule has 6 heavy (non-hydrogen) atoms. The van der Waals surface area contributed by atoms with Gasteiger partial charge in [-0.25, -0.2) is 0 Å². The Hall–Kier alpha value is -0.460. The summed E-state index contributed by atoms with van der Waals surface area (Å²) in [6.45, 7) is 0. The first-order valence-electron chi connectivity index (χ1n) is 2.29. The second-order valence-electron chi connectivity index (χ2n) is 1.90. The Labute approximate surface area is 36.6 Å². The second kappa shape index (κ2) is 0.625. The average molecular weight is 82.1 g/mol. The topological polar surface area (TPSA) is 9.23 Å². The highest BCUT2D eigenvalue weighted by Gasteiger charge is 2.39. The van der Waals surface area contributed by atoms with Gasteiger partial charge in [0.1, 0.15) is 6.10 Å². The van der Waals surface area contributed by atoms with Gasteiger partial charge < -0.3 is 4.74 Å². The first kappa shape index (κ1) is 2.67. The highest BCUT2D eigenvalue weighted by Crippen LogP contribution is 2.39. The van der Waals surface area contributed by atoms with Gasteiger partial charge in [0.15, 0.2) is 0 Å². The molecule has 1 nitrogen and oxygen atoms in total. The van der Waals surface area contributed by atoms with Crippen LogP contribution >= 0.6 is 0 Å². The van der Waals surface area contributed by atoms with E-state index in [1.807, 2.05) is 0 Å². The molecule has 0 saturated heterocycles. The fourth-order valence-corrected chi connectivity index (χ4v) is 0.796. The molecule has 2 atom stereocenters. The average Bonchev–Trinajstić information content (AvgIpc) is 2.17. The highest BCUT2D eigenvalue weighted by atomic mass is 16.5. The van der Waals surface area contributed by atoms with E-state index in [2.05, 4.69) is 6.08 Å². The van der Waals surface area contributed by atoms with Crippen LogP contribution in [0.5, 0.6) is 0 Å². The molecule has 0 aromatic rings. The van der Waals surface area contributed by atoms with Gasteiger partial charge in [-0.3, -0.25) is 0 Å². The van der Waals surface area contributed by atoms with Gasteiger partial charge in [-0.1, -0.05) is 0 Å². The van der Waals surface area contributed by atoms with Crippen molar-refractivity contribution in [3.05, 3.63) is 12.3 Å². The van der Waals surface area contributed by atoms with Crippen molar-refractivity contribution >= 4 is 0 Å². The van der Waals surface area contributed by atoms with Crippen molar-refractivity contribution in [3.8, 4) is 0 Å². The fourth-order valence-electron chi connectivity index (χ4n) is 0.796. The quantitative estimate of drug-likeness (QED) is 0.422. The summed E-state index contributed by atoms with van der Waals surface area (Å²) in [5.74, 6) is 0.810. The summed E-state index contributed by atoms with van der Waals surface area (Å²) in [4.78, 5) is 0. The molecule has 1 heteroatoms. The summed E-state index contributed by atoms with van der Waals surface area (Å²) in [5, 5.41) is 0. The molecule has 1 saturated carbocycles. The molecule has 0 bridgehead atoms. The van der Waals surface area contributed by atoms with Gasteiger partial charge in [0.05, 0.1) is 6.26 Å². The third kappa shape index (κ3) is 0.171. The van der Waals surface area contributed by atoms with Crippen molar-refractivity contribution in [2.24, 2.45) is 5.92 Å². The molecule has 0 aromatic carbocycles.